The van der Waals surface area contributed by atoms with E-state index in [0.717, 1.165) is 5.52 Å². The summed E-state index contributed by atoms with van der Waals surface area (Å²) in [5, 5.41) is 29.0. The zero-order valence-electron chi connectivity index (χ0n) is 10.0. The molecule has 0 aliphatic heterocycles. The van der Waals surface area contributed by atoms with Crippen LogP contribution in [0.4, 0.5) is 5.82 Å². The summed E-state index contributed by atoms with van der Waals surface area (Å²) in [7, 11) is 0. The number of pyridine rings is 1. The molecule has 0 unspecified atom stereocenters. The molecule has 3 rings (SSSR count). The molecule has 7 heteroatoms. The van der Waals surface area contributed by atoms with Crippen molar-refractivity contribution in [2.75, 3.05) is 12.3 Å². The number of aliphatic hydroxyl groups excluding tert-OH is 3. The smallest absolute Gasteiger partial charge is 0.151 e. The number of nitrogens with zero attached hydrogens (tertiary/aromatic N) is 3. The Bertz CT molecular complexity index is 651. The number of hydrogen-bond donors (Lipinski definition) is 4. The molecule has 0 saturated carbocycles. The summed E-state index contributed by atoms with van der Waals surface area (Å²) in [6, 6.07) is 1.26. The molecule has 0 saturated heterocycles. The number of aromatic nitrogens is 3. The number of hydrogen-bond acceptors (Lipinski definition) is 6. The third kappa shape index (κ3) is 1.71. The van der Waals surface area contributed by atoms with Crippen LogP contribution in [-0.2, 0) is 0 Å². The Morgan fingerprint density at radius 1 is 1.32 bits per heavy atom. The van der Waals surface area contributed by atoms with Crippen LogP contribution in [0.3, 0.4) is 0 Å². The molecule has 0 radical (unpaired) electrons. The van der Waals surface area contributed by atoms with Crippen LogP contribution < -0.4 is 5.73 Å². The van der Waals surface area contributed by atoms with Crippen molar-refractivity contribution in [3.05, 3.63) is 30.2 Å². The van der Waals surface area contributed by atoms with Gasteiger partial charge in [0.05, 0.1) is 24.5 Å². The van der Waals surface area contributed by atoms with Gasteiger partial charge in [-0.25, -0.2) is 9.97 Å². The number of nitrogens with two attached hydrogens (primary N) is 1. The highest BCUT2D eigenvalue weighted by Gasteiger charge is 2.35. The minimum Gasteiger partial charge on any atom is -0.392 e. The summed E-state index contributed by atoms with van der Waals surface area (Å²) in [6.45, 7) is -0.287. The summed E-state index contributed by atoms with van der Waals surface area (Å²) in [5.41, 5.74) is 7.41. The van der Waals surface area contributed by atoms with E-state index in [-0.39, 0.29) is 6.61 Å². The largest absolute Gasteiger partial charge is 0.392 e. The summed E-state index contributed by atoms with van der Waals surface area (Å²) < 4.78 is 1.71. The van der Waals surface area contributed by atoms with E-state index >= 15 is 0 Å². The standard InChI is InChI=1S/C12H14N4O3/c13-12-9-7(1-2-14-12)16(5-15-9)8-3-6(4-17)10(18)11(8)19/h1-3,5,8,10-11,17-19H,4H2,(H2,13,14)/t8-,10-,11+/m0/s1. The van der Waals surface area contributed by atoms with Crippen molar-refractivity contribution in [2.45, 2.75) is 18.2 Å². The molecule has 0 amide bonds. The van der Waals surface area contributed by atoms with Gasteiger partial charge in [0.2, 0.25) is 0 Å². The van der Waals surface area contributed by atoms with E-state index in [1.54, 1.807) is 29.2 Å². The molecule has 5 N–H and O–H groups in total. The Labute approximate surface area is 108 Å². The predicted octanol–water partition coefficient (Wildman–Crippen LogP) is -0.791. The first-order valence-electron chi connectivity index (χ1n) is 5.88. The van der Waals surface area contributed by atoms with Crippen molar-refractivity contribution < 1.29 is 15.3 Å². The van der Waals surface area contributed by atoms with Crippen molar-refractivity contribution in [1.82, 2.24) is 14.5 Å². The summed E-state index contributed by atoms with van der Waals surface area (Å²) in [6.07, 6.45) is 2.66. The van der Waals surface area contributed by atoms with Gasteiger partial charge in [-0.05, 0) is 11.6 Å². The number of nitrogen functional groups attached to an aromatic ring is 1. The Morgan fingerprint density at radius 3 is 2.79 bits per heavy atom. The summed E-state index contributed by atoms with van der Waals surface area (Å²) in [4.78, 5) is 8.11. The molecular formula is C12H14N4O3. The first-order chi connectivity index (χ1) is 9.13. The average molecular weight is 262 g/mol. The molecule has 2 aromatic heterocycles. The first kappa shape index (κ1) is 12.1. The van der Waals surface area contributed by atoms with Crippen LogP contribution in [0.15, 0.2) is 30.2 Å². The van der Waals surface area contributed by atoms with Crippen LogP contribution in [0.1, 0.15) is 6.04 Å². The van der Waals surface area contributed by atoms with Gasteiger partial charge in [0.1, 0.15) is 17.7 Å². The molecule has 0 spiro atoms. The Kier molecular flexibility index (Phi) is 2.74. The third-order valence-corrected chi connectivity index (χ3v) is 3.46. The molecule has 3 atom stereocenters. The lowest BCUT2D eigenvalue weighted by atomic mass is 10.1. The van der Waals surface area contributed by atoms with Gasteiger partial charge in [0.25, 0.3) is 0 Å². The van der Waals surface area contributed by atoms with Gasteiger partial charge < -0.3 is 25.6 Å². The van der Waals surface area contributed by atoms with E-state index in [4.69, 9.17) is 10.8 Å². The van der Waals surface area contributed by atoms with Crippen molar-refractivity contribution in [3.63, 3.8) is 0 Å². The van der Waals surface area contributed by atoms with Gasteiger partial charge >= 0.3 is 0 Å². The number of anilines is 1. The predicted molar refractivity (Wildman–Crippen MR) is 68.2 cm³/mol. The topological polar surface area (TPSA) is 117 Å². The highest BCUT2D eigenvalue weighted by molar-refractivity contribution is 5.84. The maximum Gasteiger partial charge on any atom is 0.151 e. The molecule has 0 aromatic carbocycles. The monoisotopic (exact) mass is 262 g/mol. The molecule has 2 heterocycles. The second-order valence-electron chi connectivity index (χ2n) is 4.54. The number of imidazole rings is 1. The van der Waals surface area contributed by atoms with Gasteiger partial charge in [0.15, 0.2) is 5.82 Å². The van der Waals surface area contributed by atoms with Gasteiger partial charge in [-0.3, -0.25) is 0 Å². The lowest BCUT2D eigenvalue weighted by Gasteiger charge is -2.19. The summed E-state index contributed by atoms with van der Waals surface area (Å²) >= 11 is 0. The fourth-order valence-electron chi connectivity index (χ4n) is 2.43. The van der Waals surface area contributed by atoms with Gasteiger partial charge in [-0.15, -0.1) is 0 Å². The van der Waals surface area contributed by atoms with E-state index in [1.165, 1.54) is 0 Å². The second-order valence-corrected chi connectivity index (χ2v) is 4.54. The molecule has 0 fully saturated rings. The number of fused-ring (bicyclic) bond motifs is 1. The normalized spacial score (nSPS) is 26.9. The zero-order chi connectivity index (χ0) is 13.6. The minimum absolute atomic E-state index is 0.287. The average Bonchev–Trinajstić information content (AvgIpc) is 2.94. The molecule has 7 nitrogen and oxygen atoms in total. The molecular weight excluding hydrogens is 248 g/mol. The van der Waals surface area contributed by atoms with E-state index in [0.29, 0.717) is 16.9 Å². The maximum absolute atomic E-state index is 10.1. The number of aliphatic hydroxyl groups is 3. The second kappa shape index (κ2) is 4.30. The molecule has 100 valence electrons. The minimum atomic E-state index is -1.06. The molecule has 1 aliphatic carbocycles. The molecule has 1 aliphatic rings. The Morgan fingerprint density at radius 2 is 2.11 bits per heavy atom. The van der Waals surface area contributed by atoms with Crippen LogP contribution in [0.2, 0.25) is 0 Å². The Balaban J connectivity index is 2.11. The SMILES string of the molecule is Nc1nccc2c1ncn2[C@H]1C=C(CO)[C@H](O)[C@@H]1O. The van der Waals surface area contributed by atoms with Crippen molar-refractivity contribution in [3.8, 4) is 0 Å². The first-order valence-corrected chi connectivity index (χ1v) is 5.88. The van der Waals surface area contributed by atoms with Crippen LogP contribution in [-0.4, -0.2) is 48.7 Å². The lowest BCUT2D eigenvalue weighted by molar-refractivity contribution is 0.0288. The van der Waals surface area contributed by atoms with E-state index in [2.05, 4.69) is 9.97 Å². The quantitative estimate of drug-likeness (QED) is 0.527. The van der Waals surface area contributed by atoms with Crippen LogP contribution in [0.5, 0.6) is 0 Å². The Hall–Kier alpha value is -1.96. The van der Waals surface area contributed by atoms with Crippen LogP contribution in [0, 0.1) is 0 Å². The number of rotatable bonds is 2. The van der Waals surface area contributed by atoms with E-state index < -0.39 is 18.2 Å². The fourth-order valence-corrected chi connectivity index (χ4v) is 2.43. The van der Waals surface area contributed by atoms with E-state index in [9.17, 15) is 10.2 Å². The van der Waals surface area contributed by atoms with E-state index in [1.807, 2.05) is 0 Å². The van der Waals surface area contributed by atoms with Crippen LogP contribution >= 0.6 is 0 Å². The highest BCUT2D eigenvalue weighted by Crippen LogP contribution is 2.32. The van der Waals surface area contributed by atoms with Gasteiger partial charge in [-0.2, -0.15) is 0 Å². The fraction of sp³-hybridized carbons (Fsp3) is 0.333. The lowest BCUT2D eigenvalue weighted by Crippen LogP contribution is -2.29. The molecule has 19 heavy (non-hydrogen) atoms. The van der Waals surface area contributed by atoms with Crippen molar-refractivity contribution in [2.24, 2.45) is 0 Å². The zero-order valence-corrected chi connectivity index (χ0v) is 10.0. The van der Waals surface area contributed by atoms with Crippen LogP contribution in [0.25, 0.3) is 11.0 Å². The molecule has 0 bridgehead atoms. The summed E-state index contributed by atoms with van der Waals surface area (Å²) in [5.74, 6) is 0.315. The van der Waals surface area contributed by atoms with Crippen molar-refractivity contribution in [1.29, 1.82) is 0 Å². The maximum atomic E-state index is 10.1. The van der Waals surface area contributed by atoms with Gasteiger partial charge in [-0.1, -0.05) is 6.08 Å². The highest BCUT2D eigenvalue weighted by atomic mass is 16.3. The van der Waals surface area contributed by atoms with Crippen molar-refractivity contribution >= 4 is 16.9 Å². The third-order valence-electron chi connectivity index (χ3n) is 3.46. The van der Waals surface area contributed by atoms with Gasteiger partial charge in [0, 0.05) is 6.20 Å². The molecule has 2 aromatic rings.